The number of esters is 2. The zero-order chi connectivity index (χ0) is 17.7. The highest BCUT2D eigenvalue weighted by molar-refractivity contribution is 5.90. The molecule has 2 rings (SSSR count). The molecule has 0 heterocycles. The predicted molar refractivity (Wildman–Crippen MR) is 89.6 cm³/mol. The van der Waals surface area contributed by atoms with Gasteiger partial charge in [-0.2, -0.15) is 0 Å². The van der Waals surface area contributed by atoms with E-state index < -0.39 is 18.5 Å². The van der Waals surface area contributed by atoms with Crippen LogP contribution in [0.4, 0.5) is 0 Å². The number of benzene rings is 1. The van der Waals surface area contributed by atoms with E-state index in [-0.39, 0.29) is 17.4 Å². The van der Waals surface area contributed by atoms with Crippen LogP contribution in [0.5, 0.6) is 5.75 Å². The van der Waals surface area contributed by atoms with Crippen molar-refractivity contribution in [3.63, 3.8) is 0 Å². The lowest BCUT2D eigenvalue weighted by atomic mass is 9.75. The summed E-state index contributed by atoms with van der Waals surface area (Å²) in [7, 11) is 0. The van der Waals surface area contributed by atoms with Crippen molar-refractivity contribution in [3.8, 4) is 5.75 Å². The first-order valence-corrected chi connectivity index (χ1v) is 8.52. The number of rotatable bonds is 5. The van der Waals surface area contributed by atoms with Crippen LogP contribution in [0.2, 0.25) is 0 Å². The summed E-state index contributed by atoms with van der Waals surface area (Å²) in [6, 6.07) is 5.68. The Morgan fingerprint density at radius 1 is 1.21 bits per heavy atom. The Bertz CT molecular complexity index is 564. The zero-order valence-corrected chi connectivity index (χ0v) is 14.5. The second-order valence-corrected chi connectivity index (χ2v) is 6.98. The fraction of sp³-hybridized carbons (Fsp3) is 0.579. The zero-order valence-electron chi connectivity index (χ0n) is 14.5. The van der Waals surface area contributed by atoms with Crippen LogP contribution in [0.15, 0.2) is 24.3 Å². The van der Waals surface area contributed by atoms with E-state index in [0.717, 1.165) is 19.3 Å². The molecule has 0 bridgehead atoms. The van der Waals surface area contributed by atoms with Crippen molar-refractivity contribution in [2.24, 2.45) is 17.8 Å². The number of phenols is 1. The second kappa shape index (κ2) is 8.18. The number of carbonyl (C=O) groups is 2. The van der Waals surface area contributed by atoms with E-state index in [9.17, 15) is 14.7 Å². The Morgan fingerprint density at radius 3 is 2.50 bits per heavy atom. The largest absolute Gasteiger partial charge is 0.508 e. The van der Waals surface area contributed by atoms with Gasteiger partial charge in [-0.25, -0.2) is 9.59 Å². The molecule has 1 N–H and O–H groups in total. The molecule has 0 saturated heterocycles. The highest BCUT2D eigenvalue weighted by atomic mass is 16.6. The van der Waals surface area contributed by atoms with Crippen molar-refractivity contribution in [3.05, 3.63) is 29.8 Å². The molecule has 5 nitrogen and oxygen atoms in total. The Morgan fingerprint density at radius 2 is 1.88 bits per heavy atom. The molecule has 0 aromatic heterocycles. The van der Waals surface area contributed by atoms with E-state index in [4.69, 9.17) is 9.47 Å². The number of aromatic hydroxyl groups is 1. The van der Waals surface area contributed by atoms with Crippen LogP contribution in [0.3, 0.4) is 0 Å². The van der Waals surface area contributed by atoms with Crippen LogP contribution in [-0.2, 0) is 14.3 Å². The van der Waals surface area contributed by atoms with E-state index >= 15 is 0 Å². The summed E-state index contributed by atoms with van der Waals surface area (Å²) in [6.45, 7) is 6.07. The third-order valence-electron chi connectivity index (χ3n) is 4.67. The van der Waals surface area contributed by atoms with Gasteiger partial charge in [0.05, 0.1) is 5.56 Å². The van der Waals surface area contributed by atoms with Crippen LogP contribution in [-0.4, -0.2) is 29.8 Å². The molecular weight excluding hydrogens is 308 g/mol. The van der Waals surface area contributed by atoms with Crippen LogP contribution in [0.25, 0.3) is 0 Å². The van der Waals surface area contributed by atoms with Gasteiger partial charge in [0, 0.05) is 0 Å². The lowest BCUT2D eigenvalue weighted by Crippen LogP contribution is -2.36. The van der Waals surface area contributed by atoms with Gasteiger partial charge < -0.3 is 14.6 Å². The van der Waals surface area contributed by atoms with E-state index in [0.29, 0.717) is 17.8 Å². The van der Waals surface area contributed by atoms with Gasteiger partial charge in [0.1, 0.15) is 11.9 Å². The summed E-state index contributed by atoms with van der Waals surface area (Å²) in [5, 5.41) is 9.20. The molecule has 0 radical (unpaired) electrons. The Hall–Kier alpha value is -2.04. The van der Waals surface area contributed by atoms with Crippen molar-refractivity contribution >= 4 is 11.9 Å². The summed E-state index contributed by atoms with van der Waals surface area (Å²) >= 11 is 0. The fourth-order valence-electron chi connectivity index (χ4n) is 3.26. The van der Waals surface area contributed by atoms with Crippen LogP contribution < -0.4 is 0 Å². The standard InChI is InChI=1S/C19H26O5/c1-12(2)16-9-4-13(3)10-17(16)24-18(21)11-23-19(22)14-5-7-15(20)8-6-14/h5-8,12-13,16-17,20H,4,9-11H2,1-3H3/t13-,16+,17+/m0/s1. The molecule has 1 aliphatic rings. The van der Waals surface area contributed by atoms with Gasteiger partial charge in [-0.3, -0.25) is 0 Å². The van der Waals surface area contributed by atoms with Gasteiger partial charge >= 0.3 is 11.9 Å². The minimum Gasteiger partial charge on any atom is -0.508 e. The van der Waals surface area contributed by atoms with Crippen LogP contribution >= 0.6 is 0 Å². The van der Waals surface area contributed by atoms with Crippen molar-refractivity contribution in [1.82, 2.24) is 0 Å². The molecule has 1 aromatic carbocycles. The molecule has 1 saturated carbocycles. The first kappa shape index (κ1) is 18.3. The Labute approximate surface area is 143 Å². The molecule has 0 spiro atoms. The predicted octanol–water partition coefficient (Wildman–Crippen LogP) is 3.55. The average molecular weight is 334 g/mol. The number of carbonyl (C=O) groups excluding carboxylic acids is 2. The summed E-state index contributed by atoms with van der Waals surface area (Å²) in [4.78, 5) is 23.9. The van der Waals surface area contributed by atoms with Gasteiger partial charge in [0.25, 0.3) is 0 Å². The second-order valence-electron chi connectivity index (χ2n) is 6.98. The molecule has 3 atom stereocenters. The molecule has 1 aliphatic carbocycles. The monoisotopic (exact) mass is 334 g/mol. The normalized spacial score (nSPS) is 23.8. The maximum Gasteiger partial charge on any atom is 0.344 e. The molecule has 0 aliphatic heterocycles. The lowest BCUT2D eigenvalue weighted by molar-refractivity contribution is -0.159. The van der Waals surface area contributed by atoms with Gasteiger partial charge in [-0.05, 0) is 54.9 Å². The van der Waals surface area contributed by atoms with Crippen molar-refractivity contribution in [2.75, 3.05) is 6.61 Å². The smallest absolute Gasteiger partial charge is 0.344 e. The highest BCUT2D eigenvalue weighted by Gasteiger charge is 2.33. The maximum atomic E-state index is 12.0. The van der Waals surface area contributed by atoms with Gasteiger partial charge in [0.15, 0.2) is 6.61 Å². The maximum absolute atomic E-state index is 12.0. The fourth-order valence-corrected chi connectivity index (χ4v) is 3.26. The minimum absolute atomic E-state index is 0.0668. The van der Waals surface area contributed by atoms with Crippen molar-refractivity contribution in [1.29, 1.82) is 0 Å². The first-order valence-electron chi connectivity index (χ1n) is 8.52. The third kappa shape index (κ3) is 4.98. The summed E-state index contributed by atoms with van der Waals surface area (Å²) in [5.41, 5.74) is 0.284. The summed E-state index contributed by atoms with van der Waals surface area (Å²) in [6.07, 6.45) is 2.98. The van der Waals surface area contributed by atoms with Crippen molar-refractivity contribution < 1.29 is 24.2 Å². The van der Waals surface area contributed by atoms with E-state index in [1.54, 1.807) is 0 Å². The van der Waals surface area contributed by atoms with Crippen LogP contribution in [0.1, 0.15) is 50.4 Å². The number of hydrogen-bond acceptors (Lipinski definition) is 5. The molecule has 24 heavy (non-hydrogen) atoms. The molecular formula is C19H26O5. The van der Waals surface area contributed by atoms with Gasteiger partial charge in [-0.15, -0.1) is 0 Å². The Kier molecular flexibility index (Phi) is 6.23. The first-order chi connectivity index (χ1) is 11.4. The molecule has 5 heteroatoms. The Balaban J connectivity index is 1.85. The summed E-state index contributed by atoms with van der Waals surface area (Å²) in [5.74, 6) is 0.304. The highest BCUT2D eigenvalue weighted by Crippen LogP contribution is 2.35. The van der Waals surface area contributed by atoms with E-state index in [2.05, 4.69) is 20.8 Å². The molecule has 132 valence electrons. The van der Waals surface area contributed by atoms with Gasteiger partial charge in [-0.1, -0.05) is 27.2 Å². The molecule has 0 unspecified atom stereocenters. The van der Waals surface area contributed by atoms with E-state index in [1.165, 1.54) is 24.3 Å². The molecule has 1 fully saturated rings. The molecule has 1 aromatic rings. The summed E-state index contributed by atoms with van der Waals surface area (Å²) < 4.78 is 10.6. The molecule has 0 amide bonds. The quantitative estimate of drug-likeness (QED) is 0.834. The average Bonchev–Trinajstić information content (AvgIpc) is 2.53. The SMILES string of the molecule is CC(C)[C@H]1CC[C@H](C)C[C@H]1OC(=O)COC(=O)c1ccc(O)cc1. The van der Waals surface area contributed by atoms with E-state index in [1.807, 2.05) is 0 Å². The van der Waals surface area contributed by atoms with Gasteiger partial charge in [0.2, 0.25) is 0 Å². The topological polar surface area (TPSA) is 72.8 Å². The lowest BCUT2D eigenvalue weighted by Gasteiger charge is -2.36. The minimum atomic E-state index is -0.607. The van der Waals surface area contributed by atoms with Crippen molar-refractivity contribution in [2.45, 2.75) is 46.1 Å². The third-order valence-corrected chi connectivity index (χ3v) is 4.67. The number of ether oxygens (including phenoxy) is 2. The van der Waals surface area contributed by atoms with Crippen LogP contribution in [0, 0.1) is 17.8 Å². The number of phenolic OH excluding ortho intramolecular Hbond substituents is 1. The number of hydrogen-bond donors (Lipinski definition) is 1.